The van der Waals surface area contributed by atoms with Gasteiger partial charge >= 0.3 is 0 Å². The number of nitrogens with two attached hydrogens (primary N) is 1. The molecule has 0 bridgehead atoms. The Morgan fingerprint density at radius 1 is 1.14 bits per heavy atom. The summed E-state index contributed by atoms with van der Waals surface area (Å²) in [6.45, 7) is 5.25. The molecule has 3 aromatic rings. The Labute approximate surface area is 167 Å². The Balaban J connectivity index is 1.70. The van der Waals surface area contributed by atoms with Crippen LogP contribution in [0.15, 0.2) is 53.7 Å². The molecule has 1 aromatic heterocycles. The first-order valence-corrected chi connectivity index (χ1v) is 9.59. The molecular weight excluding hydrogens is 374 g/mol. The summed E-state index contributed by atoms with van der Waals surface area (Å²) in [6, 6.07) is 14.6. The lowest BCUT2D eigenvalue weighted by atomic mass is 10.1. The van der Waals surface area contributed by atoms with Gasteiger partial charge in [0, 0.05) is 16.8 Å². The Morgan fingerprint density at radius 2 is 1.86 bits per heavy atom. The van der Waals surface area contributed by atoms with E-state index in [1.165, 1.54) is 23.4 Å². The standard InChI is InChI=1S/C20H21N5O2S/c1-12-7-9-15(10-8-12)18-23-24-20(25(18)21)28-14(3)19(27)22-17-6-4-5-16(11-17)13(2)26/h4-11,14H,21H2,1-3H3,(H,22,27)/t14-/m1/s1. The third-order valence-corrected chi connectivity index (χ3v) is 5.22. The van der Waals surface area contributed by atoms with Crippen LogP contribution in [0.2, 0.25) is 0 Å². The van der Waals surface area contributed by atoms with Crippen LogP contribution in [0.1, 0.15) is 29.8 Å². The lowest BCUT2D eigenvalue weighted by Crippen LogP contribution is -2.23. The van der Waals surface area contributed by atoms with Gasteiger partial charge in [-0.2, -0.15) is 0 Å². The van der Waals surface area contributed by atoms with Gasteiger partial charge in [0.2, 0.25) is 11.1 Å². The van der Waals surface area contributed by atoms with Crippen molar-refractivity contribution in [2.75, 3.05) is 11.2 Å². The van der Waals surface area contributed by atoms with E-state index >= 15 is 0 Å². The van der Waals surface area contributed by atoms with Gasteiger partial charge in [-0.05, 0) is 32.9 Å². The second-order valence-electron chi connectivity index (χ2n) is 6.43. The van der Waals surface area contributed by atoms with Crippen molar-refractivity contribution in [3.8, 4) is 11.4 Å². The maximum Gasteiger partial charge on any atom is 0.237 e. The molecule has 0 saturated carbocycles. The fourth-order valence-electron chi connectivity index (χ4n) is 2.53. The molecule has 0 spiro atoms. The minimum absolute atomic E-state index is 0.0570. The number of carbonyl (C=O) groups excluding carboxylic acids is 2. The monoisotopic (exact) mass is 395 g/mol. The molecule has 1 atom stereocenters. The summed E-state index contributed by atoms with van der Waals surface area (Å²) < 4.78 is 1.38. The van der Waals surface area contributed by atoms with Crippen LogP contribution in [0.5, 0.6) is 0 Å². The third-order valence-electron chi connectivity index (χ3n) is 4.16. The summed E-state index contributed by atoms with van der Waals surface area (Å²) in [6.07, 6.45) is 0. The van der Waals surface area contributed by atoms with Gasteiger partial charge in [-0.1, -0.05) is 53.7 Å². The smallest absolute Gasteiger partial charge is 0.237 e. The number of nitrogen functional groups attached to an aromatic ring is 1. The number of Topliss-reactive ketones (excluding diaryl/α,β-unsaturated/α-hetero) is 1. The number of anilines is 1. The Bertz CT molecular complexity index is 1010. The van der Waals surface area contributed by atoms with E-state index in [1.807, 2.05) is 31.2 Å². The number of rotatable bonds is 6. The first-order valence-electron chi connectivity index (χ1n) is 8.71. The molecule has 3 N–H and O–H groups in total. The van der Waals surface area contributed by atoms with Gasteiger partial charge in [-0.15, -0.1) is 10.2 Å². The largest absolute Gasteiger partial charge is 0.335 e. The first kappa shape index (κ1) is 19.6. The van der Waals surface area contributed by atoms with E-state index in [9.17, 15) is 9.59 Å². The molecule has 0 radical (unpaired) electrons. The number of hydrogen-bond acceptors (Lipinski definition) is 6. The Hall–Kier alpha value is -3.13. The predicted octanol–water partition coefficient (Wildman–Crippen LogP) is 3.29. The van der Waals surface area contributed by atoms with Gasteiger partial charge in [-0.25, -0.2) is 4.68 Å². The summed E-state index contributed by atoms with van der Waals surface area (Å²) in [5, 5.41) is 11.0. The number of nitrogens with one attached hydrogen (secondary N) is 1. The van der Waals surface area contributed by atoms with Crippen LogP contribution in [0, 0.1) is 6.92 Å². The third kappa shape index (κ3) is 4.40. The molecule has 0 unspecified atom stereocenters. The topological polar surface area (TPSA) is 103 Å². The minimum Gasteiger partial charge on any atom is -0.335 e. The molecule has 0 saturated heterocycles. The molecule has 0 fully saturated rings. The van der Waals surface area contributed by atoms with Gasteiger partial charge in [0.1, 0.15) is 0 Å². The molecule has 7 nitrogen and oxygen atoms in total. The highest BCUT2D eigenvalue weighted by molar-refractivity contribution is 8.00. The number of nitrogens with zero attached hydrogens (tertiary/aromatic N) is 3. The van der Waals surface area contributed by atoms with Crippen LogP contribution in [-0.4, -0.2) is 31.8 Å². The molecule has 0 aliphatic rings. The number of carbonyl (C=O) groups is 2. The lowest BCUT2D eigenvalue weighted by Gasteiger charge is -2.12. The summed E-state index contributed by atoms with van der Waals surface area (Å²) in [7, 11) is 0. The van der Waals surface area contributed by atoms with Crippen LogP contribution in [0.25, 0.3) is 11.4 Å². The molecule has 1 heterocycles. The quantitative estimate of drug-likeness (QED) is 0.377. The summed E-state index contributed by atoms with van der Waals surface area (Å²) in [5.74, 6) is 6.39. The van der Waals surface area contributed by atoms with E-state index in [-0.39, 0.29) is 11.7 Å². The number of ketones is 1. The zero-order valence-corrected chi connectivity index (χ0v) is 16.7. The van der Waals surface area contributed by atoms with Crippen LogP contribution in [0.4, 0.5) is 5.69 Å². The molecule has 0 aliphatic carbocycles. The fraction of sp³-hybridized carbons (Fsp3) is 0.200. The lowest BCUT2D eigenvalue weighted by molar-refractivity contribution is -0.115. The molecule has 28 heavy (non-hydrogen) atoms. The van der Waals surface area contributed by atoms with Crippen LogP contribution in [0.3, 0.4) is 0 Å². The number of thioether (sulfide) groups is 1. The summed E-state index contributed by atoms with van der Waals surface area (Å²) in [5.41, 5.74) is 3.11. The van der Waals surface area contributed by atoms with E-state index in [0.717, 1.165) is 11.1 Å². The van der Waals surface area contributed by atoms with Crippen LogP contribution < -0.4 is 11.2 Å². The maximum absolute atomic E-state index is 12.5. The van der Waals surface area contributed by atoms with E-state index in [2.05, 4.69) is 15.5 Å². The van der Waals surface area contributed by atoms with E-state index in [4.69, 9.17) is 5.84 Å². The SMILES string of the molecule is CC(=O)c1cccc(NC(=O)[C@@H](C)Sc2nnc(-c3ccc(C)cc3)n2N)c1. The number of amides is 1. The predicted molar refractivity (Wildman–Crippen MR) is 111 cm³/mol. The van der Waals surface area contributed by atoms with Gasteiger partial charge in [-0.3, -0.25) is 9.59 Å². The van der Waals surface area contributed by atoms with E-state index in [1.54, 1.807) is 31.2 Å². The molecular formula is C20H21N5O2S. The number of hydrogen-bond donors (Lipinski definition) is 2. The van der Waals surface area contributed by atoms with Crippen molar-refractivity contribution in [2.24, 2.45) is 0 Å². The highest BCUT2D eigenvalue weighted by Gasteiger charge is 2.20. The molecule has 0 aliphatic heterocycles. The summed E-state index contributed by atoms with van der Waals surface area (Å²) >= 11 is 1.21. The number of aryl methyl sites for hydroxylation is 1. The van der Waals surface area contributed by atoms with E-state index < -0.39 is 5.25 Å². The van der Waals surface area contributed by atoms with Gasteiger partial charge < -0.3 is 11.2 Å². The van der Waals surface area contributed by atoms with Crippen LogP contribution >= 0.6 is 11.8 Å². The minimum atomic E-state index is -0.460. The molecule has 8 heteroatoms. The van der Waals surface area contributed by atoms with Gasteiger partial charge in [0.25, 0.3) is 0 Å². The normalized spacial score (nSPS) is 11.8. The second-order valence-corrected chi connectivity index (χ2v) is 7.74. The van der Waals surface area contributed by atoms with E-state index in [0.29, 0.717) is 22.2 Å². The van der Waals surface area contributed by atoms with Crippen molar-refractivity contribution in [3.05, 3.63) is 59.7 Å². The van der Waals surface area contributed by atoms with Crippen molar-refractivity contribution in [1.82, 2.24) is 14.9 Å². The number of aromatic nitrogens is 3. The molecule has 1 amide bonds. The molecule has 2 aromatic carbocycles. The van der Waals surface area contributed by atoms with Gasteiger partial charge in [0.15, 0.2) is 11.6 Å². The Kier molecular flexibility index (Phi) is 5.79. The second kappa shape index (κ2) is 8.26. The average Bonchev–Trinajstić information content (AvgIpc) is 3.03. The number of benzene rings is 2. The zero-order chi connectivity index (χ0) is 20.3. The zero-order valence-electron chi connectivity index (χ0n) is 15.8. The highest BCUT2D eigenvalue weighted by Crippen LogP contribution is 2.25. The van der Waals surface area contributed by atoms with Crippen molar-refractivity contribution in [3.63, 3.8) is 0 Å². The van der Waals surface area contributed by atoms with Crippen LogP contribution in [-0.2, 0) is 4.79 Å². The Morgan fingerprint density at radius 3 is 2.54 bits per heavy atom. The maximum atomic E-state index is 12.5. The molecule has 144 valence electrons. The fourth-order valence-corrected chi connectivity index (χ4v) is 3.30. The average molecular weight is 395 g/mol. The summed E-state index contributed by atoms with van der Waals surface area (Å²) in [4.78, 5) is 24.0. The first-order chi connectivity index (χ1) is 13.3. The van der Waals surface area contributed by atoms with Crippen molar-refractivity contribution >= 4 is 29.1 Å². The highest BCUT2D eigenvalue weighted by atomic mass is 32.2. The van der Waals surface area contributed by atoms with Gasteiger partial charge in [0.05, 0.1) is 5.25 Å². The van der Waals surface area contributed by atoms with Crippen molar-refractivity contribution < 1.29 is 9.59 Å². The molecule has 3 rings (SSSR count). The van der Waals surface area contributed by atoms with Crippen molar-refractivity contribution in [2.45, 2.75) is 31.2 Å². The van der Waals surface area contributed by atoms with Crippen molar-refractivity contribution in [1.29, 1.82) is 0 Å².